The third-order valence-electron chi connectivity index (χ3n) is 4.29. The average Bonchev–Trinajstić information content (AvgIpc) is 3.21. The smallest absolute Gasteiger partial charge is 0.416 e. The fourth-order valence-electron chi connectivity index (χ4n) is 2.70. The first-order valence-corrected chi connectivity index (χ1v) is 10.0. The lowest BCUT2D eigenvalue weighted by Crippen LogP contribution is -2.25. The van der Waals surface area contributed by atoms with E-state index in [9.17, 15) is 22.8 Å². The molecule has 1 heterocycles. The molecule has 0 aliphatic rings. The number of nitrogens with one attached hydrogen (secondary N) is 1. The number of ether oxygens (including phenoxy) is 1. The van der Waals surface area contributed by atoms with Crippen LogP contribution in [-0.2, 0) is 17.6 Å². The lowest BCUT2D eigenvalue weighted by Gasteiger charge is -2.09. The first kappa shape index (κ1) is 22.4. The largest absolute Gasteiger partial charge is 0.488 e. The van der Waals surface area contributed by atoms with Crippen molar-refractivity contribution in [1.82, 2.24) is 5.32 Å². The van der Waals surface area contributed by atoms with E-state index in [0.717, 1.165) is 22.6 Å². The van der Waals surface area contributed by atoms with E-state index in [4.69, 9.17) is 9.84 Å². The number of hydrogen-bond acceptors (Lipinski definition) is 4. The first-order valence-electron chi connectivity index (χ1n) is 9.21. The van der Waals surface area contributed by atoms with Crippen LogP contribution in [0.25, 0.3) is 11.1 Å². The summed E-state index contributed by atoms with van der Waals surface area (Å²) in [5.74, 6) is -0.736. The second-order valence-electron chi connectivity index (χ2n) is 6.55. The van der Waals surface area contributed by atoms with Crippen LogP contribution in [0.2, 0.25) is 0 Å². The van der Waals surface area contributed by atoms with Crippen molar-refractivity contribution in [3.05, 3.63) is 76.0 Å². The molecule has 0 fully saturated rings. The van der Waals surface area contributed by atoms with Crippen molar-refractivity contribution in [2.24, 2.45) is 0 Å². The normalized spacial score (nSPS) is 11.2. The number of carboxylic acids is 1. The van der Waals surface area contributed by atoms with Gasteiger partial charge in [0, 0.05) is 11.4 Å². The van der Waals surface area contributed by atoms with Crippen molar-refractivity contribution in [1.29, 1.82) is 0 Å². The lowest BCUT2D eigenvalue weighted by molar-refractivity contribution is -0.138. The fraction of sp³-hybridized carbons (Fsp3) is 0.182. The number of aliphatic carboxylic acids is 1. The molecule has 9 heteroatoms. The van der Waals surface area contributed by atoms with Gasteiger partial charge in [-0.15, -0.1) is 11.3 Å². The molecule has 0 bridgehead atoms. The summed E-state index contributed by atoms with van der Waals surface area (Å²) in [4.78, 5) is 23.7. The predicted octanol–water partition coefficient (Wildman–Crippen LogP) is 5.22. The molecule has 1 amide bonds. The second kappa shape index (κ2) is 9.65. The number of carboxylic acid groups (broad SMARTS) is 1. The average molecular weight is 449 g/mol. The third-order valence-corrected chi connectivity index (χ3v) is 5.35. The zero-order valence-electron chi connectivity index (χ0n) is 16.1. The molecule has 2 aromatic carbocycles. The number of benzene rings is 2. The van der Waals surface area contributed by atoms with E-state index >= 15 is 0 Å². The molecule has 31 heavy (non-hydrogen) atoms. The van der Waals surface area contributed by atoms with Gasteiger partial charge in [-0.2, -0.15) is 13.2 Å². The first-order chi connectivity index (χ1) is 14.7. The standard InChI is InChI=1S/C22H18F3NO4S/c23-22(24,25)16-5-1-14(2-6-16)15-3-7-17(8-4-15)30-13-18-9-10-19(31-18)21(29)26-12-11-20(27)28/h1-10H,11-13H2,(H,26,29)(H,27,28). The molecule has 0 unspecified atom stereocenters. The number of amides is 1. The Balaban J connectivity index is 1.54. The summed E-state index contributed by atoms with van der Waals surface area (Å²) in [6.07, 6.45) is -4.51. The van der Waals surface area contributed by atoms with E-state index < -0.39 is 17.7 Å². The number of carbonyl (C=O) groups excluding carboxylic acids is 1. The molecule has 0 atom stereocenters. The molecule has 3 rings (SSSR count). The van der Waals surface area contributed by atoms with Gasteiger partial charge in [0.2, 0.25) is 0 Å². The van der Waals surface area contributed by atoms with Crippen LogP contribution in [0.3, 0.4) is 0 Å². The van der Waals surface area contributed by atoms with Gasteiger partial charge in [-0.1, -0.05) is 24.3 Å². The van der Waals surface area contributed by atoms with Crippen molar-refractivity contribution >= 4 is 23.2 Å². The molecular formula is C22H18F3NO4S. The minimum absolute atomic E-state index is 0.0587. The van der Waals surface area contributed by atoms with Crippen molar-refractivity contribution in [2.45, 2.75) is 19.2 Å². The van der Waals surface area contributed by atoms with Gasteiger partial charge < -0.3 is 15.2 Å². The molecule has 2 N–H and O–H groups in total. The Labute approximate surface area is 180 Å². The monoisotopic (exact) mass is 449 g/mol. The molecule has 0 radical (unpaired) electrons. The highest BCUT2D eigenvalue weighted by Gasteiger charge is 2.29. The molecule has 162 valence electrons. The lowest BCUT2D eigenvalue weighted by atomic mass is 10.0. The van der Waals surface area contributed by atoms with Gasteiger partial charge in [-0.25, -0.2) is 0 Å². The van der Waals surface area contributed by atoms with Crippen LogP contribution >= 0.6 is 11.3 Å². The maximum atomic E-state index is 12.7. The minimum atomic E-state index is -4.36. The van der Waals surface area contributed by atoms with E-state index in [-0.39, 0.29) is 25.5 Å². The van der Waals surface area contributed by atoms with Crippen LogP contribution in [0.1, 0.15) is 26.5 Å². The third kappa shape index (κ3) is 6.32. The Morgan fingerprint density at radius 2 is 1.55 bits per heavy atom. The highest BCUT2D eigenvalue weighted by Crippen LogP contribution is 2.31. The SMILES string of the molecule is O=C(O)CCNC(=O)c1ccc(COc2ccc(-c3ccc(C(F)(F)F)cc3)cc2)s1. The maximum absolute atomic E-state index is 12.7. The zero-order chi connectivity index (χ0) is 22.4. The molecule has 0 saturated heterocycles. The molecule has 0 aliphatic heterocycles. The van der Waals surface area contributed by atoms with Crippen LogP contribution in [0, 0.1) is 0 Å². The fourth-order valence-corrected chi connectivity index (χ4v) is 3.53. The molecule has 0 saturated carbocycles. The van der Waals surface area contributed by atoms with Gasteiger partial charge in [0.1, 0.15) is 12.4 Å². The highest BCUT2D eigenvalue weighted by molar-refractivity contribution is 7.14. The van der Waals surface area contributed by atoms with Crippen LogP contribution in [0.4, 0.5) is 13.2 Å². The Morgan fingerprint density at radius 3 is 2.13 bits per heavy atom. The van der Waals surface area contributed by atoms with Gasteiger partial charge in [0.15, 0.2) is 0 Å². The quantitative estimate of drug-likeness (QED) is 0.495. The maximum Gasteiger partial charge on any atom is 0.416 e. The zero-order valence-corrected chi connectivity index (χ0v) is 16.9. The highest BCUT2D eigenvalue weighted by atomic mass is 32.1. The summed E-state index contributed by atoms with van der Waals surface area (Å²) in [7, 11) is 0. The summed E-state index contributed by atoms with van der Waals surface area (Å²) >= 11 is 1.25. The number of halogens is 3. The van der Waals surface area contributed by atoms with Crippen LogP contribution < -0.4 is 10.1 Å². The molecular weight excluding hydrogens is 431 g/mol. The predicted molar refractivity (Wildman–Crippen MR) is 110 cm³/mol. The number of rotatable bonds is 8. The molecule has 0 spiro atoms. The molecule has 0 aliphatic carbocycles. The van der Waals surface area contributed by atoms with Crippen LogP contribution in [-0.4, -0.2) is 23.5 Å². The molecule has 5 nitrogen and oxygen atoms in total. The van der Waals surface area contributed by atoms with Crippen molar-refractivity contribution in [3.8, 4) is 16.9 Å². The Bertz CT molecular complexity index is 1040. The van der Waals surface area contributed by atoms with Crippen LogP contribution in [0.15, 0.2) is 60.7 Å². The number of thiophene rings is 1. The second-order valence-corrected chi connectivity index (χ2v) is 7.72. The summed E-state index contributed by atoms with van der Waals surface area (Å²) in [6, 6.07) is 15.3. The van der Waals surface area contributed by atoms with Gasteiger partial charge in [0.25, 0.3) is 5.91 Å². The van der Waals surface area contributed by atoms with Crippen molar-refractivity contribution in [2.75, 3.05) is 6.54 Å². The Hall–Kier alpha value is -3.33. The van der Waals surface area contributed by atoms with Crippen molar-refractivity contribution in [3.63, 3.8) is 0 Å². The van der Waals surface area contributed by atoms with E-state index in [1.807, 2.05) is 0 Å². The number of alkyl halides is 3. The van der Waals surface area contributed by atoms with E-state index in [0.29, 0.717) is 16.2 Å². The summed E-state index contributed by atoms with van der Waals surface area (Å²) in [5, 5.41) is 11.1. The minimum Gasteiger partial charge on any atom is -0.488 e. The van der Waals surface area contributed by atoms with Crippen molar-refractivity contribution < 1.29 is 32.6 Å². The van der Waals surface area contributed by atoms with E-state index in [1.54, 1.807) is 36.4 Å². The summed E-state index contributed by atoms with van der Waals surface area (Å²) in [5.41, 5.74) is 0.732. The molecule has 3 aromatic rings. The van der Waals surface area contributed by atoms with Gasteiger partial charge in [-0.05, 0) is 47.5 Å². The van der Waals surface area contributed by atoms with E-state index in [2.05, 4.69) is 5.32 Å². The van der Waals surface area contributed by atoms with E-state index in [1.165, 1.54) is 23.5 Å². The topological polar surface area (TPSA) is 75.6 Å². The van der Waals surface area contributed by atoms with Crippen LogP contribution in [0.5, 0.6) is 5.75 Å². The Morgan fingerprint density at radius 1 is 0.935 bits per heavy atom. The summed E-state index contributed by atoms with van der Waals surface area (Å²) in [6.45, 7) is 0.301. The Kier molecular flexibility index (Phi) is 6.96. The van der Waals surface area contributed by atoms with Gasteiger partial charge in [-0.3, -0.25) is 9.59 Å². The number of carbonyl (C=O) groups is 2. The van der Waals surface area contributed by atoms with Gasteiger partial charge >= 0.3 is 12.1 Å². The van der Waals surface area contributed by atoms with Gasteiger partial charge in [0.05, 0.1) is 16.9 Å². The molecule has 1 aromatic heterocycles. The summed E-state index contributed by atoms with van der Waals surface area (Å²) < 4.78 is 43.7. The number of hydrogen-bond donors (Lipinski definition) is 2.